The zero-order chi connectivity index (χ0) is 15.8. The van der Waals surface area contributed by atoms with Crippen molar-refractivity contribution in [2.24, 2.45) is 0 Å². The highest BCUT2D eigenvalue weighted by molar-refractivity contribution is 14.2. The van der Waals surface area contributed by atoms with Gasteiger partial charge in [-0.15, -0.1) is 11.3 Å². The smallest absolute Gasteiger partial charge is 0.257 e. The van der Waals surface area contributed by atoms with Crippen molar-refractivity contribution in [2.45, 2.75) is 6.42 Å². The zero-order valence-electron chi connectivity index (χ0n) is 11.0. The monoisotopic (exact) mass is 506 g/mol. The normalized spacial score (nSPS) is 10.8. The topological polar surface area (TPSA) is 75.7 Å². The second kappa shape index (κ2) is 9.83. The quantitative estimate of drug-likeness (QED) is 0.241. The number of carbonyl (C=O) groups excluding carboxylic acids is 3. The molecular weight excluding hydrogens is 494 g/mol. The number of nitrogens with zero attached hydrogens (tertiary/aromatic N) is 1. The van der Waals surface area contributed by atoms with Crippen molar-refractivity contribution in [3.63, 3.8) is 0 Å². The molecule has 0 bridgehead atoms. The van der Waals surface area contributed by atoms with Crippen LogP contribution in [0.25, 0.3) is 0 Å². The Hall–Kier alpha value is -0.0900. The molecule has 0 fully saturated rings. The highest BCUT2D eigenvalue weighted by Gasteiger charge is 2.24. The van der Waals surface area contributed by atoms with Gasteiger partial charge in [0.2, 0.25) is 6.41 Å². The standard InChI is InChI=1S/C11H13BrIN2O4PS/c1-15(3-2-4-19-20-13)11(18)8-7(5-16)9(12)21-10(8)14-6-17/h5-6,20H,2-4H2,1H3,(H,14,17). The van der Waals surface area contributed by atoms with E-state index < -0.39 is 0 Å². The van der Waals surface area contributed by atoms with Gasteiger partial charge < -0.3 is 14.7 Å². The fourth-order valence-corrected chi connectivity index (χ4v) is 4.10. The van der Waals surface area contributed by atoms with Crippen molar-refractivity contribution in [1.82, 2.24) is 4.90 Å². The van der Waals surface area contributed by atoms with Crippen LogP contribution in [0.4, 0.5) is 5.00 Å². The second-order valence-electron chi connectivity index (χ2n) is 3.88. The number of aldehydes is 1. The molecule has 0 aliphatic rings. The van der Waals surface area contributed by atoms with Gasteiger partial charge in [-0.05, 0) is 44.4 Å². The molecule has 6 nitrogen and oxygen atoms in total. The van der Waals surface area contributed by atoms with Crippen LogP contribution in [-0.4, -0.2) is 43.7 Å². The van der Waals surface area contributed by atoms with Gasteiger partial charge in [-0.2, -0.15) is 0 Å². The predicted molar refractivity (Wildman–Crippen MR) is 97.0 cm³/mol. The van der Waals surface area contributed by atoms with Crippen LogP contribution in [0.3, 0.4) is 0 Å². The summed E-state index contributed by atoms with van der Waals surface area (Å²) in [5.74, 6) is -0.305. The van der Waals surface area contributed by atoms with E-state index >= 15 is 0 Å². The van der Waals surface area contributed by atoms with Crippen molar-refractivity contribution in [3.8, 4) is 0 Å². The van der Waals surface area contributed by atoms with E-state index in [4.69, 9.17) is 4.52 Å². The Morgan fingerprint density at radius 1 is 1.57 bits per heavy atom. The summed E-state index contributed by atoms with van der Waals surface area (Å²) in [6.45, 7) is 1.48. The summed E-state index contributed by atoms with van der Waals surface area (Å²) in [4.78, 5) is 35.7. The van der Waals surface area contributed by atoms with E-state index in [-0.39, 0.29) is 17.0 Å². The van der Waals surface area contributed by atoms with Crippen LogP contribution in [0.1, 0.15) is 27.1 Å². The number of carbonyl (C=O) groups is 3. The first-order chi connectivity index (χ1) is 10.1. The molecular formula is C11H13BrIN2O4PS. The molecule has 0 aromatic carbocycles. The first-order valence-corrected chi connectivity index (χ1v) is 11.4. The van der Waals surface area contributed by atoms with Gasteiger partial charge in [0.25, 0.3) is 5.91 Å². The van der Waals surface area contributed by atoms with Gasteiger partial charge in [0.15, 0.2) is 6.29 Å². The van der Waals surface area contributed by atoms with Crippen molar-refractivity contribution in [1.29, 1.82) is 0 Å². The van der Waals surface area contributed by atoms with Gasteiger partial charge in [0.1, 0.15) is 5.00 Å². The van der Waals surface area contributed by atoms with Gasteiger partial charge in [0.05, 0.1) is 28.0 Å². The van der Waals surface area contributed by atoms with Crippen molar-refractivity contribution in [3.05, 3.63) is 14.9 Å². The number of hydrogen-bond acceptors (Lipinski definition) is 5. The molecule has 1 aromatic heterocycles. The van der Waals surface area contributed by atoms with E-state index in [0.717, 1.165) is 11.3 Å². The summed E-state index contributed by atoms with van der Waals surface area (Å²) in [5.41, 5.74) is 0.472. The Kier molecular flexibility index (Phi) is 8.88. The lowest BCUT2D eigenvalue weighted by atomic mass is 10.1. The van der Waals surface area contributed by atoms with E-state index in [1.807, 2.05) is 0 Å². The maximum Gasteiger partial charge on any atom is 0.257 e. The molecule has 1 rings (SSSR count). The van der Waals surface area contributed by atoms with Crippen LogP contribution in [0.15, 0.2) is 3.79 Å². The third-order valence-electron chi connectivity index (χ3n) is 2.56. The summed E-state index contributed by atoms with van der Waals surface area (Å²) < 4.78 is 5.76. The third-order valence-corrected chi connectivity index (χ3v) is 5.65. The van der Waals surface area contributed by atoms with Gasteiger partial charge in [-0.1, -0.05) is 0 Å². The number of rotatable bonds is 9. The Bertz CT molecular complexity index is 529. The average molecular weight is 507 g/mol. The number of halogens is 2. The first kappa shape index (κ1) is 19.0. The molecule has 1 aromatic rings. The molecule has 0 radical (unpaired) electrons. The third kappa shape index (κ3) is 5.24. The lowest BCUT2D eigenvalue weighted by Crippen LogP contribution is -2.29. The molecule has 0 spiro atoms. The van der Waals surface area contributed by atoms with Crippen LogP contribution in [-0.2, 0) is 9.32 Å². The summed E-state index contributed by atoms with van der Waals surface area (Å²) in [6, 6.07) is 0. The molecule has 0 saturated carbocycles. The molecule has 0 aliphatic carbocycles. The van der Waals surface area contributed by atoms with Crippen LogP contribution in [0.5, 0.6) is 0 Å². The van der Waals surface area contributed by atoms with E-state index in [9.17, 15) is 14.4 Å². The largest absolute Gasteiger partial charge is 0.352 e. The molecule has 1 unspecified atom stereocenters. The maximum atomic E-state index is 12.5. The molecule has 21 heavy (non-hydrogen) atoms. The Morgan fingerprint density at radius 2 is 2.29 bits per heavy atom. The first-order valence-electron chi connectivity index (χ1n) is 5.77. The lowest BCUT2D eigenvalue weighted by Gasteiger charge is -2.17. The van der Waals surface area contributed by atoms with Crippen molar-refractivity contribution in [2.75, 3.05) is 25.5 Å². The molecule has 10 heteroatoms. The van der Waals surface area contributed by atoms with Gasteiger partial charge in [0, 0.05) is 13.6 Å². The highest BCUT2D eigenvalue weighted by Crippen LogP contribution is 2.36. The van der Waals surface area contributed by atoms with Gasteiger partial charge in [-0.3, -0.25) is 14.4 Å². The highest BCUT2D eigenvalue weighted by atomic mass is 127. The Morgan fingerprint density at radius 3 is 2.86 bits per heavy atom. The van der Waals surface area contributed by atoms with Gasteiger partial charge >= 0.3 is 0 Å². The van der Waals surface area contributed by atoms with Gasteiger partial charge in [-0.25, -0.2) is 0 Å². The fourth-order valence-electron chi connectivity index (χ4n) is 1.59. The fraction of sp³-hybridized carbons (Fsp3) is 0.364. The van der Waals surface area contributed by atoms with E-state index in [1.54, 1.807) is 7.05 Å². The molecule has 1 N–H and O–H groups in total. The molecule has 0 saturated heterocycles. The lowest BCUT2D eigenvalue weighted by molar-refractivity contribution is -0.105. The number of nitrogens with one attached hydrogen (secondary N) is 1. The maximum absolute atomic E-state index is 12.5. The molecule has 1 atom stereocenters. The summed E-state index contributed by atoms with van der Waals surface area (Å²) >= 11 is 6.50. The summed E-state index contributed by atoms with van der Waals surface area (Å²) in [5, 5.41) is 2.82. The van der Waals surface area contributed by atoms with Crippen molar-refractivity contribution < 1.29 is 18.9 Å². The van der Waals surface area contributed by atoms with Crippen LogP contribution in [0, 0.1) is 0 Å². The minimum Gasteiger partial charge on any atom is -0.352 e. The minimum absolute atomic E-state index is 0.216. The van der Waals surface area contributed by atoms with Crippen molar-refractivity contribution >= 4 is 79.4 Å². The molecule has 1 heterocycles. The van der Waals surface area contributed by atoms with Crippen LogP contribution < -0.4 is 5.32 Å². The minimum atomic E-state index is -0.305. The number of anilines is 1. The van der Waals surface area contributed by atoms with Crippen LogP contribution in [0.2, 0.25) is 0 Å². The van der Waals surface area contributed by atoms with Crippen LogP contribution >= 0.6 is 55.8 Å². The molecule has 0 aliphatic heterocycles. The van der Waals surface area contributed by atoms with E-state index in [2.05, 4.69) is 43.3 Å². The number of hydrogen-bond donors (Lipinski definition) is 1. The second-order valence-corrected chi connectivity index (χ2v) is 7.98. The number of thiophene rings is 1. The summed E-state index contributed by atoms with van der Waals surface area (Å²) in [7, 11) is 1.65. The average Bonchev–Trinajstić information content (AvgIpc) is 2.78. The molecule has 116 valence electrons. The predicted octanol–water partition coefficient (Wildman–Crippen LogP) is 3.31. The van der Waals surface area contributed by atoms with E-state index in [0.29, 0.717) is 47.5 Å². The number of amides is 2. The van der Waals surface area contributed by atoms with E-state index in [1.165, 1.54) is 4.90 Å². The Balaban J connectivity index is 2.89. The SMILES string of the molecule is CN(CCCOPI)C(=O)c1c(NC=O)sc(Br)c1C=O. The summed E-state index contributed by atoms with van der Waals surface area (Å²) in [6.07, 6.45) is 1.80. The molecule has 2 amide bonds. The Labute approximate surface area is 149 Å². The zero-order valence-corrected chi connectivity index (χ0v) is 16.6.